The van der Waals surface area contributed by atoms with Gasteiger partial charge in [-0.3, -0.25) is 0 Å². The van der Waals surface area contributed by atoms with Gasteiger partial charge in [0.15, 0.2) is 6.20 Å². The highest BCUT2D eigenvalue weighted by molar-refractivity contribution is 5.54. The van der Waals surface area contributed by atoms with Crippen LogP contribution in [-0.4, -0.2) is 0 Å². The first kappa shape index (κ1) is 14.6. The molecule has 0 amide bonds. The van der Waals surface area contributed by atoms with Crippen LogP contribution in [0.5, 0.6) is 0 Å². The van der Waals surface area contributed by atoms with E-state index in [0.717, 1.165) is 0 Å². The Kier molecular flexibility index (Phi) is 6.36. The van der Waals surface area contributed by atoms with Gasteiger partial charge in [-0.2, -0.15) is 0 Å². The molecule has 0 radical (unpaired) electrons. The summed E-state index contributed by atoms with van der Waals surface area (Å²) < 4.78 is 2.09. The van der Waals surface area contributed by atoms with Crippen molar-refractivity contribution in [1.82, 2.24) is 0 Å². The maximum absolute atomic E-state index is 2.10. The Morgan fingerprint density at radius 3 is 2.22 bits per heavy atom. The lowest BCUT2D eigenvalue weighted by Gasteiger charge is -1.91. The van der Waals surface area contributed by atoms with Gasteiger partial charge < -0.3 is 24.0 Å². The number of hydrogen-bond donors (Lipinski definition) is 0. The SMILES string of the molecule is C[n+]1ccccc1/C=C/C=C/c1ccccc1.[I-]. The highest BCUT2D eigenvalue weighted by Crippen LogP contribution is 2.01. The largest absolute Gasteiger partial charge is 1.00 e. The predicted octanol–water partition coefficient (Wildman–Crippen LogP) is 0.242. The van der Waals surface area contributed by atoms with Crippen molar-refractivity contribution < 1.29 is 28.5 Å². The molecule has 1 aromatic heterocycles. The Morgan fingerprint density at radius 1 is 0.833 bits per heavy atom. The lowest BCUT2D eigenvalue weighted by atomic mass is 10.2. The van der Waals surface area contributed by atoms with E-state index in [0.29, 0.717) is 0 Å². The molecule has 2 heteroatoms. The van der Waals surface area contributed by atoms with Crippen molar-refractivity contribution >= 4 is 12.2 Å². The minimum Gasteiger partial charge on any atom is -1.00 e. The number of halogens is 1. The normalized spacial score (nSPS) is 10.7. The molecule has 1 nitrogen and oxygen atoms in total. The molecule has 0 aliphatic heterocycles. The number of benzene rings is 1. The first-order valence-electron chi connectivity index (χ1n) is 5.71. The molecule has 1 aromatic carbocycles. The van der Waals surface area contributed by atoms with Gasteiger partial charge >= 0.3 is 0 Å². The molecule has 0 aliphatic rings. The van der Waals surface area contributed by atoms with E-state index in [1.165, 1.54) is 11.3 Å². The summed E-state index contributed by atoms with van der Waals surface area (Å²) in [6.07, 6.45) is 10.4. The lowest BCUT2D eigenvalue weighted by Crippen LogP contribution is -3.00. The molecule has 0 saturated carbocycles. The van der Waals surface area contributed by atoms with Crippen LogP contribution >= 0.6 is 0 Å². The van der Waals surface area contributed by atoms with E-state index in [1.54, 1.807) is 0 Å². The fraction of sp³-hybridized carbons (Fsp3) is 0.0625. The number of rotatable bonds is 3. The molecule has 0 atom stereocenters. The molecule has 0 N–H and O–H groups in total. The van der Waals surface area contributed by atoms with Crippen LogP contribution in [0.1, 0.15) is 11.3 Å². The smallest absolute Gasteiger partial charge is 0.204 e. The molecular weight excluding hydrogens is 333 g/mol. The number of allylic oxidation sites excluding steroid dienone is 2. The zero-order chi connectivity index (χ0) is 11.9. The number of hydrogen-bond acceptors (Lipinski definition) is 0. The number of nitrogens with zero attached hydrogens (tertiary/aromatic N) is 1. The van der Waals surface area contributed by atoms with E-state index in [-0.39, 0.29) is 24.0 Å². The fourth-order valence-electron chi connectivity index (χ4n) is 1.59. The van der Waals surface area contributed by atoms with E-state index in [1.807, 2.05) is 43.6 Å². The zero-order valence-corrected chi connectivity index (χ0v) is 12.5. The van der Waals surface area contributed by atoms with Crippen LogP contribution in [0.15, 0.2) is 66.9 Å². The quantitative estimate of drug-likeness (QED) is 0.425. The van der Waals surface area contributed by atoms with Gasteiger partial charge in [0.25, 0.3) is 0 Å². The molecule has 2 rings (SSSR count). The summed E-state index contributed by atoms with van der Waals surface area (Å²) in [4.78, 5) is 0. The summed E-state index contributed by atoms with van der Waals surface area (Å²) in [5.74, 6) is 0. The van der Waals surface area contributed by atoms with Gasteiger partial charge in [-0.1, -0.05) is 48.6 Å². The Morgan fingerprint density at radius 2 is 1.50 bits per heavy atom. The average molecular weight is 349 g/mol. The second-order valence-corrected chi connectivity index (χ2v) is 3.87. The van der Waals surface area contributed by atoms with Crippen molar-refractivity contribution in [2.24, 2.45) is 7.05 Å². The first-order valence-corrected chi connectivity index (χ1v) is 5.71. The third kappa shape index (κ3) is 4.45. The van der Waals surface area contributed by atoms with E-state index in [9.17, 15) is 0 Å². The molecule has 0 fully saturated rings. The minimum atomic E-state index is 0. The van der Waals surface area contributed by atoms with Crippen LogP contribution in [0.25, 0.3) is 12.2 Å². The molecule has 0 unspecified atom stereocenters. The molecule has 0 bridgehead atoms. The van der Waals surface area contributed by atoms with Crippen molar-refractivity contribution in [2.75, 3.05) is 0 Å². The van der Waals surface area contributed by atoms with Crippen LogP contribution in [0, 0.1) is 0 Å². The molecule has 92 valence electrons. The standard InChI is InChI=1S/C16H16N.HI/c1-17-14-8-7-13-16(17)12-6-5-11-15-9-3-2-4-10-15;/h2-14H,1H3;1H/q+1;/p-1/b11-5+,12-6+;. The van der Waals surface area contributed by atoms with E-state index < -0.39 is 0 Å². The van der Waals surface area contributed by atoms with Crippen LogP contribution in [0.3, 0.4) is 0 Å². The van der Waals surface area contributed by atoms with Crippen molar-refractivity contribution in [2.45, 2.75) is 0 Å². The molecule has 2 aromatic rings. The fourth-order valence-corrected chi connectivity index (χ4v) is 1.59. The van der Waals surface area contributed by atoms with Gasteiger partial charge in [0.1, 0.15) is 7.05 Å². The lowest BCUT2D eigenvalue weighted by molar-refractivity contribution is -0.673. The Hall–Kier alpha value is -1.42. The number of aromatic nitrogens is 1. The van der Waals surface area contributed by atoms with Crippen LogP contribution < -0.4 is 28.5 Å². The van der Waals surface area contributed by atoms with Crippen molar-refractivity contribution in [3.63, 3.8) is 0 Å². The molecule has 0 saturated heterocycles. The predicted molar refractivity (Wildman–Crippen MR) is 72.1 cm³/mol. The van der Waals surface area contributed by atoms with Crippen molar-refractivity contribution in [1.29, 1.82) is 0 Å². The van der Waals surface area contributed by atoms with Gasteiger partial charge in [0.05, 0.1) is 0 Å². The summed E-state index contributed by atoms with van der Waals surface area (Å²) in [7, 11) is 2.04. The minimum absolute atomic E-state index is 0. The topological polar surface area (TPSA) is 3.88 Å². The molecular formula is C16H16IN. The van der Waals surface area contributed by atoms with Crippen molar-refractivity contribution in [3.8, 4) is 0 Å². The molecule has 0 spiro atoms. The van der Waals surface area contributed by atoms with Gasteiger partial charge in [0.2, 0.25) is 5.69 Å². The van der Waals surface area contributed by atoms with Crippen LogP contribution in [0.2, 0.25) is 0 Å². The Balaban J connectivity index is 0.00000162. The monoisotopic (exact) mass is 349 g/mol. The van der Waals surface area contributed by atoms with Crippen LogP contribution in [0.4, 0.5) is 0 Å². The highest BCUT2D eigenvalue weighted by Gasteiger charge is 1.96. The summed E-state index contributed by atoms with van der Waals surface area (Å²) in [6, 6.07) is 16.4. The second kappa shape index (κ2) is 7.82. The van der Waals surface area contributed by atoms with E-state index >= 15 is 0 Å². The molecule has 0 aliphatic carbocycles. The number of aryl methyl sites for hydroxylation is 1. The van der Waals surface area contributed by atoms with Gasteiger partial charge in [-0.05, 0) is 11.6 Å². The van der Waals surface area contributed by atoms with E-state index in [4.69, 9.17) is 0 Å². The van der Waals surface area contributed by atoms with E-state index in [2.05, 4.69) is 47.1 Å². The summed E-state index contributed by atoms with van der Waals surface area (Å²) in [6.45, 7) is 0. The molecule has 18 heavy (non-hydrogen) atoms. The van der Waals surface area contributed by atoms with Gasteiger partial charge in [-0.15, -0.1) is 0 Å². The summed E-state index contributed by atoms with van der Waals surface area (Å²) in [5.41, 5.74) is 2.40. The maximum atomic E-state index is 2.10. The number of pyridine rings is 1. The Labute approximate surface area is 126 Å². The van der Waals surface area contributed by atoms with Gasteiger partial charge in [-0.25, -0.2) is 4.57 Å². The van der Waals surface area contributed by atoms with Crippen molar-refractivity contribution in [3.05, 3.63) is 78.1 Å². The summed E-state index contributed by atoms with van der Waals surface area (Å²) >= 11 is 0. The average Bonchev–Trinajstić information content (AvgIpc) is 2.38. The third-order valence-electron chi connectivity index (χ3n) is 2.56. The zero-order valence-electron chi connectivity index (χ0n) is 10.3. The summed E-state index contributed by atoms with van der Waals surface area (Å²) in [5, 5.41) is 0. The maximum Gasteiger partial charge on any atom is 0.204 e. The molecule has 1 heterocycles. The third-order valence-corrected chi connectivity index (χ3v) is 2.56. The van der Waals surface area contributed by atoms with Crippen LogP contribution in [-0.2, 0) is 7.05 Å². The second-order valence-electron chi connectivity index (χ2n) is 3.87. The highest BCUT2D eigenvalue weighted by atomic mass is 127. The first-order chi connectivity index (χ1) is 8.36. The Bertz CT molecular complexity index is 530. The van der Waals surface area contributed by atoms with Gasteiger partial charge in [0, 0.05) is 18.2 Å².